The van der Waals surface area contributed by atoms with Gasteiger partial charge in [0, 0.05) is 25.1 Å². The van der Waals surface area contributed by atoms with Gasteiger partial charge in [0.1, 0.15) is 0 Å². The number of carbonyl (C=O) groups excluding carboxylic acids is 1. The second-order valence-corrected chi connectivity index (χ2v) is 6.55. The highest BCUT2D eigenvalue weighted by Gasteiger charge is 2.44. The van der Waals surface area contributed by atoms with E-state index in [9.17, 15) is 4.79 Å². The molecule has 0 aromatic heterocycles. The van der Waals surface area contributed by atoms with Crippen molar-refractivity contribution in [3.05, 3.63) is 23.8 Å². The number of nitrogens with one attached hydrogen (secondary N) is 2. The van der Waals surface area contributed by atoms with E-state index in [1.54, 1.807) is 14.2 Å². The number of methoxy groups -OCH3 is 2. The van der Waals surface area contributed by atoms with Crippen molar-refractivity contribution in [1.29, 1.82) is 0 Å². The van der Waals surface area contributed by atoms with Gasteiger partial charge in [-0.2, -0.15) is 0 Å². The van der Waals surface area contributed by atoms with Gasteiger partial charge in [0.25, 0.3) is 0 Å². The molecule has 1 unspecified atom stereocenters. The van der Waals surface area contributed by atoms with Crippen molar-refractivity contribution >= 4 is 6.03 Å². The van der Waals surface area contributed by atoms with Gasteiger partial charge in [0.15, 0.2) is 11.5 Å². The van der Waals surface area contributed by atoms with Crippen LogP contribution in [0.25, 0.3) is 0 Å². The second kappa shape index (κ2) is 7.30. The summed E-state index contributed by atoms with van der Waals surface area (Å²) in [5.41, 5.74) is 1.19. The molecular formula is C18H26N2O4. The van der Waals surface area contributed by atoms with E-state index in [-0.39, 0.29) is 17.6 Å². The summed E-state index contributed by atoms with van der Waals surface area (Å²) in [5, 5.41) is 5.89. The van der Waals surface area contributed by atoms with Crippen molar-refractivity contribution in [2.24, 2.45) is 0 Å². The van der Waals surface area contributed by atoms with E-state index in [0.717, 1.165) is 43.8 Å². The fourth-order valence-electron chi connectivity index (χ4n) is 3.21. The molecule has 1 heterocycles. The molecule has 6 heteroatoms. The van der Waals surface area contributed by atoms with E-state index in [4.69, 9.17) is 14.2 Å². The summed E-state index contributed by atoms with van der Waals surface area (Å²) in [7, 11) is 3.27. The highest BCUT2D eigenvalue weighted by Crippen LogP contribution is 2.49. The van der Waals surface area contributed by atoms with Crippen LogP contribution in [0.3, 0.4) is 0 Å². The first-order valence-corrected chi connectivity index (χ1v) is 8.53. The molecule has 2 N–H and O–H groups in total. The minimum Gasteiger partial charge on any atom is -0.493 e. The summed E-state index contributed by atoms with van der Waals surface area (Å²) in [6.45, 7) is 2.01. The average Bonchev–Trinajstić information content (AvgIpc) is 3.23. The lowest BCUT2D eigenvalue weighted by Crippen LogP contribution is -2.42. The average molecular weight is 334 g/mol. The Morgan fingerprint density at radius 1 is 1.25 bits per heavy atom. The van der Waals surface area contributed by atoms with Crippen molar-refractivity contribution in [1.82, 2.24) is 10.6 Å². The standard InChI is InChI=1S/C18H26N2O4/c1-22-15-6-5-13(10-16(15)23-2)18(7-8-18)12-20-17(21)19-11-14-4-3-9-24-14/h5-6,10,14H,3-4,7-9,11-12H2,1-2H3,(H2,19,20,21). The Labute approximate surface area is 142 Å². The third-order valence-electron chi connectivity index (χ3n) is 4.95. The highest BCUT2D eigenvalue weighted by atomic mass is 16.5. The number of hydrogen-bond donors (Lipinski definition) is 2. The van der Waals surface area contributed by atoms with Crippen molar-refractivity contribution in [3.63, 3.8) is 0 Å². The van der Waals surface area contributed by atoms with Crippen LogP contribution < -0.4 is 20.1 Å². The first-order valence-electron chi connectivity index (χ1n) is 8.53. The Hall–Kier alpha value is -1.95. The molecule has 0 bridgehead atoms. The zero-order chi connectivity index (χ0) is 17.0. The van der Waals surface area contributed by atoms with E-state index in [1.165, 1.54) is 5.56 Å². The van der Waals surface area contributed by atoms with Crippen LogP contribution in [0.2, 0.25) is 0 Å². The topological polar surface area (TPSA) is 68.8 Å². The SMILES string of the molecule is COc1ccc(C2(CNC(=O)NCC3CCCO3)CC2)cc1OC. The summed E-state index contributed by atoms with van der Waals surface area (Å²) in [6, 6.07) is 5.86. The lowest BCUT2D eigenvalue weighted by atomic mass is 9.95. The third kappa shape index (κ3) is 3.75. The number of benzene rings is 1. The molecule has 1 aromatic rings. The van der Waals surface area contributed by atoms with Gasteiger partial charge in [0.2, 0.25) is 0 Å². The van der Waals surface area contributed by atoms with Crippen LogP contribution in [-0.2, 0) is 10.2 Å². The number of rotatable bonds is 7. The lowest BCUT2D eigenvalue weighted by Gasteiger charge is -2.19. The summed E-state index contributed by atoms with van der Waals surface area (Å²) in [4.78, 5) is 12.0. The van der Waals surface area contributed by atoms with Gasteiger partial charge in [-0.15, -0.1) is 0 Å². The van der Waals surface area contributed by atoms with Gasteiger partial charge in [-0.1, -0.05) is 6.07 Å². The third-order valence-corrected chi connectivity index (χ3v) is 4.95. The summed E-state index contributed by atoms with van der Waals surface area (Å²) < 4.78 is 16.2. The van der Waals surface area contributed by atoms with Crippen LogP contribution in [0.5, 0.6) is 11.5 Å². The minimum absolute atomic E-state index is 0.0146. The number of hydrogen-bond acceptors (Lipinski definition) is 4. The van der Waals surface area contributed by atoms with Crippen LogP contribution in [-0.4, -0.2) is 46.1 Å². The minimum atomic E-state index is -0.128. The molecule has 0 spiro atoms. The molecule has 3 rings (SSSR count). The smallest absolute Gasteiger partial charge is 0.314 e. The first-order chi connectivity index (χ1) is 11.7. The Morgan fingerprint density at radius 2 is 2.04 bits per heavy atom. The van der Waals surface area contributed by atoms with Gasteiger partial charge in [-0.25, -0.2) is 4.79 Å². The lowest BCUT2D eigenvalue weighted by molar-refractivity contribution is 0.111. The highest BCUT2D eigenvalue weighted by molar-refractivity contribution is 5.74. The van der Waals surface area contributed by atoms with Crippen molar-refractivity contribution in [2.75, 3.05) is 33.9 Å². The zero-order valence-electron chi connectivity index (χ0n) is 14.4. The van der Waals surface area contributed by atoms with Gasteiger partial charge in [-0.3, -0.25) is 0 Å². The van der Waals surface area contributed by atoms with E-state index in [2.05, 4.69) is 16.7 Å². The Kier molecular flexibility index (Phi) is 5.14. The molecule has 1 aliphatic heterocycles. The van der Waals surface area contributed by atoms with Crippen LogP contribution in [0.1, 0.15) is 31.2 Å². The Morgan fingerprint density at radius 3 is 2.67 bits per heavy atom. The Bertz CT molecular complexity index is 580. The molecular weight excluding hydrogens is 308 g/mol. The normalized spacial score (nSPS) is 21.2. The fraction of sp³-hybridized carbons (Fsp3) is 0.611. The van der Waals surface area contributed by atoms with Gasteiger partial charge in [-0.05, 0) is 43.4 Å². The van der Waals surface area contributed by atoms with Crippen LogP contribution in [0.15, 0.2) is 18.2 Å². The summed E-state index contributed by atoms with van der Waals surface area (Å²) in [6.07, 6.45) is 4.39. The molecule has 0 radical (unpaired) electrons. The largest absolute Gasteiger partial charge is 0.493 e. The van der Waals surface area contributed by atoms with E-state index < -0.39 is 0 Å². The van der Waals surface area contributed by atoms with E-state index >= 15 is 0 Å². The first kappa shape index (κ1) is 16.9. The monoisotopic (exact) mass is 334 g/mol. The molecule has 2 amide bonds. The second-order valence-electron chi connectivity index (χ2n) is 6.55. The molecule has 24 heavy (non-hydrogen) atoms. The molecule has 2 fully saturated rings. The maximum absolute atomic E-state index is 12.0. The van der Waals surface area contributed by atoms with Gasteiger partial charge >= 0.3 is 6.03 Å². The van der Waals surface area contributed by atoms with Crippen molar-refractivity contribution in [3.8, 4) is 11.5 Å². The number of amides is 2. The van der Waals surface area contributed by atoms with Crippen molar-refractivity contribution < 1.29 is 19.0 Å². The maximum atomic E-state index is 12.0. The fourth-order valence-corrected chi connectivity index (χ4v) is 3.21. The molecule has 1 saturated heterocycles. The van der Waals surface area contributed by atoms with Crippen LogP contribution >= 0.6 is 0 Å². The van der Waals surface area contributed by atoms with Crippen molar-refractivity contribution in [2.45, 2.75) is 37.2 Å². The Balaban J connectivity index is 1.53. The van der Waals surface area contributed by atoms with Gasteiger partial charge in [0.05, 0.1) is 20.3 Å². The summed E-state index contributed by atoms with van der Waals surface area (Å²) in [5.74, 6) is 1.45. The van der Waals surface area contributed by atoms with E-state index in [0.29, 0.717) is 13.1 Å². The molecule has 6 nitrogen and oxygen atoms in total. The molecule has 1 atom stereocenters. The molecule has 1 saturated carbocycles. The summed E-state index contributed by atoms with van der Waals surface area (Å²) >= 11 is 0. The molecule has 1 aliphatic carbocycles. The predicted molar refractivity (Wildman–Crippen MR) is 90.8 cm³/mol. The quantitative estimate of drug-likeness (QED) is 0.802. The number of urea groups is 1. The van der Waals surface area contributed by atoms with Gasteiger partial charge < -0.3 is 24.8 Å². The number of ether oxygens (including phenoxy) is 3. The van der Waals surface area contributed by atoms with Crippen LogP contribution in [0.4, 0.5) is 4.79 Å². The predicted octanol–water partition coefficient (Wildman–Crippen LogP) is 2.21. The molecule has 2 aliphatic rings. The van der Waals surface area contributed by atoms with E-state index in [1.807, 2.05) is 12.1 Å². The van der Waals surface area contributed by atoms with Crippen LogP contribution in [0, 0.1) is 0 Å². The zero-order valence-corrected chi connectivity index (χ0v) is 14.4. The molecule has 1 aromatic carbocycles. The molecule has 132 valence electrons. The maximum Gasteiger partial charge on any atom is 0.314 e. The number of carbonyl (C=O) groups is 1.